The quantitative estimate of drug-likeness (QED) is 0.889. The van der Waals surface area contributed by atoms with Crippen LogP contribution in [0, 0.1) is 12.8 Å². The van der Waals surface area contributed by atoms with Crippen molar-refractivity contribution in [2.24, 2.45) is 5.92 Å². The maximum Gasteiger partial charge on any atom is 0.316 e. The molecule has 0 spiro atoms. The van der Waals surface area contributed by atoms with Gasteiger partial charge in [-0.1, -0.05) is 13.8 Å². The molecule has 0 bridgehead atoms. The normalized spacial score (nSPS) is 20.1. The average molecular weight is 249 g/mol. The van der Waals surface area contributed by atoms with E-state index in [9.17, 15) is 0 Å². The fourth-order valence-electron chi connectivity index (χ4n) is 2.18. The van der Waals surface area contributed by atoms with E-state index in [0.717, 1.165) is 24.5 Å². The van der Waals surface area contributed by atoms with Crippen LogP contribution in [0.2, 0.25) is 0 Å². The second kappa shape index (κ2) is 6.14. The molecule has 4 nitrogen and oxygen atoms in total. The number of nitrogens with one attached hydrogen (secondary N) is 1. The molecule has 0 aliphatic carbocycles. The lowest BCUT2D eigenvalue weighted by atomic mass is 10.0. The highest BCUT2D eigenvalue weighted by Crippen LogP contribution is 2.17. The Bertz CT molecular complexity index is 387. The molecular weight excluding hydrogens is 226 g/mol. The molecule has 1 aromatic rings. The van der Waals surface area contributed by atoms with Crippen LogP contribution in [0.25, 0.3) is 0 Å². The second-order valence-electron chi connectivity index (χ2n) is 5.39. The van der Waals surface area contributed by atoms with Crippen molar-refractivity contribution >= 4 is 0 Å². The summed E-state index contributed by atoms with van der Waals surface area (Å²) in [5.41, 5.74) is 2.03. The summed E-state index contributed by atoms with van der Waals surface area (Å²) in [6.07, 6.45) is 2.47. The third-order valence-electron chi connectivity index (χ3n) is 3.29. The molecule has 0 amide bonds. The van der Waals surface area contributed by atoms with Crippen molar-refractivity contribution in [3.05, 3.63) is 17.5 Å². The van der Waals surface area contributed by atoms with E-state index in [1.807, 2.05) is 13.0 Å². The summed E-state index contributed by atoms with van der Waals surface area (Å²) < 4.78 is 5.75. The van der Waals surface area contributed by atoms with Crippen molar-refractivity contribution in [1.82, 2.24) is 15.3 Å². The van der Waals surface area contributed by atoms with Crippen LogP contribution in [0.1, 0.15) is 44.0 Å². The van der Waals surface area contributed by atoms with Crippen molar-refractivity contribution in [2.45, 2.75) is 39.5 Å². The van der Waals surface area contributed by atoms with E-state index in [4.69, 9.17) is 4.74 Å². The Kier molecular flexibility index (Phi) is 4.53. The second-order valence-corrected chi connectivity index (χ2v) is 5.39. The molecule has 2 heterocycles. The van der Waals surface area contributed by atoms with Gasteiger partial charge in [0.15, 0.2) is 0 Å². The number of aryl methyl sites for hydroxylation is 1. The summed E-state index contributed by atoms with van der Waals surface area (Å²) in [6.45, 7) is 9.15. The van der Waals surface area contributed by atoms with E-state index in [0.29, 0.717) is 24.5 Å². The molecule has 1 fully saturated rings. The topological polar surface area (TPSA) is 47.0 Å². The molecular formula is C14H23N3O. The van der Waals surface area contributed by atoms with Gasteiger partial charge >= 0.3 is 6.01 Å². The van der Waals surface area contributed by atoms with E-state index in [-0.39, 0.29) is 0 Å². The summed E-state index contributed by atoms with van der Waals surface area (Å²) in [7, 11) is 0. The van der Waals surface area contributed by atoms with Crippen LogP contribution in [-0.2, 0) is 0 Å². The Morgan fingerprint density at radius 2 is 2.28 bits per heavy atom. The van der Waals surface area contributed by atoms with Crippen molar-refractivity contribution in [2.75, 3.05) is 19.7 Å². The molecule has 1 saturated heterocycles. The molecule has 1 N–H and O–H groups in total. The lowest BCUT2D eigenvalue weighted by Gasteiger charge is -2.22. The maximum atomic E-state index is 5.75. The zero-order valence-electron chi connectivity index (χ0n) is 11.6. The predicted molar refractivity (Wildman–Crippen MR) is 71.9 cm³/mol. The third-order valence-corrected chi connectivity index (χ3v) is 3.29. The number of rotatable bonds is 4. The summed E-state index contributed by atoms with van der Waals surface area (Å²) in [4.78, 5) is 8.81. The highest BCUT2D eigenvalue weighted by molar-refractivity contribution is 5.15. The van der Waals surface area contributed by atoms with Gasteiger partial charge in [-0.3, -0.25) is 0 Å². The SMILES string of the molecule is Cc1cc(C(C)C)nc(OCC2CCCNC2)n1. The first-order valence-corrected chi connectivity index (χ1v) is 6.84. The van der Waals surface area contributed by atoms with E-state index < -0.39 is 0 Å². The van der Waals surface area contributed by atoms with Gasteiger partial charge in [0.2, 0.25) is 0 Å². The van der Waals surface area contributed by atoms with Crippen LogP contribution < -0.4 is 10.1 Å². The minimum absolute atomic E-state index is 0.408. The zero-order chi connectivity index (χ0) is 13.0. The van der Waals surface area contributed by atoms with Crippen LogP contribution in [0.15, 0.2) is 6.07 Å². The molecule has 1 atom stereocenters. The average Bonchev–Trinajstić information content (AvgIpc) is 2.37. The predicted octanol–water partition coefficient (Wildman–Crippen LogP) is 2.29. The largest absolute Gasteiger partial charge is 0.463 e. The van der Waals surface area contributed by atoms with E-state index in [1.54, 1.807) is 0 Å². The summed E-state index contributed by atoms with van der Waals surface area (Å²) >= 11 is 0. The zero-order valence-corrected chi connectivity index (χ0v) is 11.6. The van der Waals surface area contributed by atoms with Gasteiger partial charge < -0.3 is 10.1 Å². The van der Waals surface area contributed by atoms with Crippen LogP contribution in [0.3, 0.4) is 0 Å². The van der Waals surface area contributed by atoms with Gasteiger partial charge in [0.05, 0.1) is 12.3 Å². The van der Waals surface area contributed by atoms with Crippen LogP contribution in [0.4, 0.5) is 0 Å². The van der Waals surface area contributed by atoms with Crippen molar-refractivity contribution in [3.63, 3.8) is 0 Å². The summed E-state index contributed by atoms with van der Waals surface area (Å²) in [5, 5.41) is 3.39. The first kappa shape index (κ1) is 13.3. The summed E-state index contributed by atoms with van der Waals surface area (Å²) in [5.74, 6) is 0.996. The number of hydrogen-bond donors (Lipinski definition) is 1. The van der Waals surface area contributed by atoms with E-state index in [2.05, 4.69) is 29.1 Å². The molecule has 1 unspecified atom stereocenters. The molecule has 1 aromatic heterocycles. The molecule has 18 heavy (non-hydrogen) atoms. The Morgan fingerprint density at radius 3 is 2.94 bits per heavy atom. The van der Waals surface area contributed by atoms with Crippen LogP contribution >= 0.6 is 0 Å². The Morgan fingerprint density at radius 1 is 1.44 bits per heavy atom. The lowest BCUT2D eigenvalue weighted by molar-refractivity contribution is 0.204. The Hall–Kier alpha value is -1.16. The molecule has 4 heteroatoms. The maximum absolute atomic E-state index is 5.75. The summed E-state index contributed by atoms with van der Waals surface area (Å²) in [6, 6.07) is 2.56. The number of hydrogen-bond acceptors (Lipinski definition) is 4. The minimum Gasteiger partial charge on any atom is -0.463 e. The minimum atomic E-state index is 0.408. The van der Waals surface area contributed by atoms with E-state index >= 15 is 0 Å². The smallest absolute Gasteiger partial charge is 0.316 e. The molecule has 1 aliphatic rings. The highest BCUT2D eigenvalue weighted by atomic mass is 16.5. The van der Waals surface area contributed by atoms with Crippen molar-refractivity contribution in [3.8, 4) is 6.01 Å². The molecule has 1 aliphatic heterocycles. The fraction of sp³-hybridized carbons (Fsp3) is 0.714. The van der Waals surface area contributed by atoms with Gasteiger partial charge in [-0.05, 0) is 38.3 Å². The molecule has 2 rings (SSSR count). The fourth-order valence-corrected chi connectivity index (χ4v) is 2.18. The number of nitrogens with zero attached hydrogens (tertiary/aromatic N) is 2. The number of piperidine rings is 1. The number of ether oxygens (including phenoxy) is 1. The third kappa shape index (κ3) is 3.67. The standard InChI is InChI=1S/C14H23N3O/c1-10(2)13-7-11(3)16-14(17-13)18-9-12-5-4-6-15-8-12/h7,10,12,15H,4-6,8-9H2,1-3H3. The molecule has 0 saturated carbocycles. The Labute approximate surface area is 109 Å². The van der Waals surface area contributed by atoms with E-state index in [1.165, 1.54) is 12.8 Å². The number of aromatic nitrogens is 2. The monoisotopic (exact) mass is 249 g/mol. The first-order valence-electron chi connectivity index (χ1n) is 6.84. The lowest BCUT2D eigenvalue weighted by Crippen LogP contribution is -2.33. The van der Waals surface area contributed by atoms with Gasteiger partial charge in [0.25, 0.3) is 0 Å². The highest BCUT2D eigenvalue weighted by Gasteiger charge is 2.14. The van der Waals surface area contributed by atoms with Gasteiger partial charge in [-0.2, -0.15) is 4.98 Å². The van der Waals surface area contributed by atoms with Gasteiger partial charge in [0.1, 0.15) is 0 Å². The first-order chi connectivity index (χ1) is 8.65. The van der Waals surface area contributed by atoms with Gasteiger partial charge in [0, 0.05) is 18.2 Å². The van der Waals surface area contributed by atoms with Crippen molar-refractivity contribution in [1.29, 1.82) is 0 Å². The molecule has 0 aromatic carbocycles. The van der Waals surface area contributed by atoms with Crippen molar-refractivity contribution < 1.29 is 4.74 Å². The van der Waals surface area contributed by atoms with Crippen LogP contribution in [-0.4, -0.2) is 29.7 Å². The Balaban J connectivity index is 1.95. The van der Waals surface area contributed by atoms with Gasteiger partial charge in [-0.15, -0.1) is 0 Å². The molecule has 100 valence electrons. The van der Waals surface area contributed by atoms with Gasteiger partial charge in [-0.25, -0.2) is 4.98 Å². The van der Waals surface area contributed by atoms with Crippen LogP contribution in [0.5, 0.6) is 6.01 Å². The molecule has 0 radical (unpaired) electrons.